The summed E-state index contributed by atoms with van der Waals surface area (Å²) in [5.41, 5.74) is 1.72. The largest absolute Gasteiger partial charge is 0.489 e. The third-order valence-corrected chi connectivity index (χ3v) is 3.97. The molecule has 0 aliphatic heterocycles. The maximum atomic E-state index is 12.1. The molecule has 0 aliphatic rings. The number of nitrogens with zero attached hydrogens (tertiary/aromatic N) is 1. The molecule has 0 bridgehead atoms. The van der Waals surface area contributed by atoms with E-state index >= 15 is 0 Å². The normalized spacial score (nSPS) is 10.2. The number of ether oxygens (including phenoxy) is 1. The van der Waals surface area contributed by atoms with Crippen molar-refractivity contribution in [3.63, 3.8) is 0 Å². The van der Waals surface area contributed by atoms with Gasteiger partial charge in [0.2, 0.25) is 0 Å². The van der Waals surface area contributed by atoms with E-state index in [0.29, 0.717) is 18.7 Å². The molecule has 2 aromatic rings. The average molecular weight is 363 g/mol. The predicted molar refractivity (Wildman–Crippen MR) is 105 cm³/mol. The first-order valence-electron chi connectivity index (χ1n) is 8.50. The van der Waals surface area contributed by atoms with Crippen LogP contribution in [0.25, 0.3) is 0 Å². The fourth-order valence-corrected chi connectivity index (χ4v) is 2.41. The smallest absolute Gasteiger partial charge is 0.251 e. The molecule has 0 saturated heterocycles. The first kappa shape index (κ1) is 21.0. The van der Waals surface area contributed by atoms with E-state index in [4.69, 9.17) is 4.74 Å². The van der Waals surface area contributed by atoms with Gasteiger partial charge in [0.25, 0.3) is 5.91 Å². The van der Waals surface area contributed by atoms with Crippen LogP contribution in [-0.4, -0.2) is 37.0 Å². The van der Waals surface area contributed by atoms with Crippen molar-refractivity contribution >= 4 is 18.3 Å². The van der Waals surface area contributed by atoms with E-state index in [1.165, 1.54) is 0 Å². The van der Waals surface area contributed by atoms with Crippen LogP contribution in [0.15, 0.2) is 54.6 Å². The fraction of sp³-hybridized carbons (Fsp3) is 0.350. The standard InChI is InChI=1S/C20H26N2O2.ClH/c1-3-22(4-2)15-14-21-20(23)18-12-10-17(11-13-18)16-24-19-8-6-5-7-9-19;/h5-13H,3-4,14-16H2,1-2H3,(H,21,23);1H. The number of carbonyl (C=O) groups is 1. The first-order valence-corrected chi connectivity index (χ1v) is 8.50. The summed E-state index contributed by atoms with van der Waals surface area (Å²) in [6.45, 7) is 8.29. The number of para-hydroxylation sites is 1. The molecule has 0 atom stereocenters. The Bertz CT molecular complexity index is 613. The van der Waals surface area contributed by atoms with E-state index in [0.717, 1.165) is 30.9 Å². The Balaban J connectivity index is 0.00000312. The van der Waals surface area contributed by atoms with Crippen LogP contribution in [0, 0.1) is 0 Å². The van der Waals surface area contributed by atoms with Gasteiger partial charge in [-0.05, 0) is 42.9 Å². The van der Waals surface area contributed by atoms with Gasteiger partial charge in [-0.15, -0.1) is 12.4 Å². The zero-order chi connectivity index (χ0) is 17.2. The first-order chi connectivity index (χ1) is 11.7. The number of hydrogen-bond acceptors (Lipinski definition) is 3. The quantitative estimate of drug-likeness (QED) is 0.738. The van der Waals surface area contributed by atoms with Crippen LogP contribution in [0.4, 0.5) is 0 Å². The van der Waals surface area contributed by atoms with Crippen LogP contribution >= 0.6 is 12.4 Å². The van der Waals surface area contributed by atoms with Gasteiger partial charge in [0, 0.05) is 18.7 Å². The molecule has 2 aromatic carbocycles. The van der Waals surface area contributed by atoms with Crippen LogP contribution in [0.1, 0.15) is 29.8 Å². The van der Waals surface area contributed by atoms with Gasteiger partial charge in [-0.25, -0.2) is 0 Å². The zero-order valence-electron chi connectivity index (χ0n) is 14.9. The Morgan fingerprint density at radius 2 is 1.64 bits per heavy atom. The minimum absolute atomic E-state index is 0. The van der Waals surface area contributed by atoms with Gasteiger partial charge in [0.15, 0.2) is 0 Å². The molecule has 0 spiro atoms. The van der Waals surface area contributed by atoms with E-state index in [-0.39, 0.29) is 18.3 Å². The number of hydrogen-bond donors (Lipinski definition) is 1. The number of rotatable bonds is 9. The third-order valence-electron chi connectivity index (χ3n) is 3.97. The Morgan fingerprint density at radius 3 is 2.24 bits per heavy atom. The Morgan fingerprint density at radius 1 is 1.00 bits per heavy atom. The SMILES string of the molecule is CCN(CC)CCNC(=O)c1ccc(COc2ccccc2)cc1.Cl. The van der Waals surface area contributed by atoms with Crippen LogP contribution in [0.5, 0.6) is 5.75 Å². The van der Waals surface area contributed by atoms with Gasteiger partial charge in [0.1, 0.15) is 12.4 Å². The molecule has 136 valence electrons. The van der Waals surface area contributed by atoms with E-state index in [1.54, 1.807) is 0 Å². The summed E-state index contributed by atoms with van der Waals surface area (Å²) < 4.78 is 5.70. The molecule has 0 saturated carbocycles. The molecule has 0 aromatic heterocycles. The number of amides is 1. The molecule has 25 heavy (non-hydrogen) atoms. The molecule has 0 unspecified atom stereocenters. The lowest BCUT2D eigenvalue weighted by Gasteiger charge is -2.17. The summed E-state index contributed by atoms with van der Waals surface area (Å²) in [6.07, 6.45) is 0. The Kier molecular flexibility index (Phi) is 9.66. The van der Waals surface area contributed by atoms with E-state index in [9.17, 15) is 4.79 Å². The summed E-state index contributed by atoms with van der Waals surface area (Å²) in [4.78, 5) is 14.4. The molecule has 2 rings (SSSR count). The van der Waals surface area contributed by atoms with Crippen LogP contribution in [0.3, 0.4) is 0 Å². The fourth-order valence-electron chi connectivity index (χ4n) is 2.41. The van der Waals surface area contributed by atoms with Crippen molar-refractivity contribution in [2.75, 3.05) is 26.2 Å². The molecule has 0 heterocycles. The van der Waals surface area contributed by atoms with Gasteiger partial charge < -0.3 is 15.0 Å². The molecular formula is C20H27ClN2O2. The lowest BCUT2D eigenvalue weighted by Crippen LogP contribution is -2.34. The third kappa shape index (κ3) is 7.16. The summed E-state index contributed by atoms with van der Waals surface area (Å²) >= 11 is 0. The highest BCUT2D eigenvalue weighted by Crippen LogP contribution is 2.12. The van der Waals surface area contributed by atoms with Crippen molar-refractivity contribution in [2.45, 2.75) is 20.5 Å². The van der Waals surface area contributed by atoms with Crippen molar-refractivity contribution in [1.82, 2.24) is 10.2 Å². The number of carbonyl (C=O) groups excluding carboxylic acids is 1. The maximum Gasteiger partial charge on any atom is 0.251 e. The monoisotopic (exact) mass is 362 g/mol. The van der Waals surface area contributed by atoms with Crippen LogP contribution in [0.2, 0.25) is 0 Å². The van der Waals surface area contributed by atoms with Gasteiger partial charge in [0.05, 0.1) is 0 Å². The summed E-state index contributed by atoms with van der Waals surface area (Å²) in [5, 5.41) is 2.96. The number of halogens is 1. The second-order valence-electron chi connectivity index (χ2n) is 5.58. The van der Waals surface area contributed by atoms with Crippen molar-refractivity contribution in [3.8, 4) is 5.75 Å². The molecule has 5 heteroatoms. The second kappa shape index (κ2) is 11.5. The van der Waals surface area contributed by atoms with Crippen molar-refractivity contribution < 1.29 is 9.53 Å². The average Bonchev–Trinajstić information content (AvgIpc) is 2.64. The van der Waals surface area contributed by atoms with Crippen LogP contribution in [-0.2, 0) is 6.61 Å². The lowest BCUT2D eigenvalue weighted by molar-refractivity contribution is 0.0949. The molecule has 0 radical (unpaired) electrons. The van der Waals surface area contributed by atoms with Gasteiger partial charge in [-0.1, -0.05) is 44.2 Å². The minimum Gasteiger partial charge on any atom is -0.489 e. The van der Waals surface area contributed by atoms with Crippen molar-refractivity contribution in [2.24, 2.45) is 0 Å². The maximum absolute atomic E-state index is 12.1. The van der Waals surface area contributed by atoms with Gasteiger partial charge >= 0.3 is 0 Å². The Labute approximate surface area is 156 Å². The zero-order valence-corrected chi connectivity index (χ0v) is 15.7. The molecule has 1 N–H and O–H groups in total. The highest BCUT2D eigenvalue weighted by molar-refractivity contribution is 5.94. The number of nitrogens with one attached hydrogen (secondary N) is 1. The number of likely N-dealkylation sites (N-methyl/N-ethyl adjacent to an activating group) is 1. The molecule has 4 nitrogen and oxygen atoms in total. The second-order valence-corrected chi connectivity index (χ2v) is 5.58. The molecular weight excluding hydrogens is 336 g/mol. The lowest BCUT2D eigenvalue weighted by atomic mass is 10.1. The highest BCUT2D eigenvalue weighted by atomic mass is 35.5. The van der Waals surface area contributed by atoms with E-state index in [2.05, 4.69) is 24.1 Å². The van der Waals surface area contributed by atoms with Crippen LogP contribution < -0.4 is 10.1 Å². The molecule has 1 amide bonds. The van der Waals surface area contributed by atoms with Gasteiger partial charge in [-0.3, -0.25) is 4.79 Å². The van der Waals surface area contributed by atoms with Crippen molar-refractivity contribution in [3.05, 3.63) is 65.7 Å². The predicted octanol–water partition coefficient (Wildman–Crippen LogP) is 3.76. The minimum atomic E-state index is -0.0299. The summed E-state index contributed by atoms with van der Waals surface area (Å²) in [6, 6.07) is 17.3. The van der Waals surface area contributed by atoms with Crippen molar-refractivity contribution in [1.29, 1.82) is 0 Å². The molecule has 0 fully saturated rings. The molecule has 0 aliphatic carbocycles. The van der Waals surface area contributed by atoms with Gasteiger partial charge in [-0.2, -0.15) is 0 Å². The topological polar surface area (TPSA) is 41.6 Å². The Hall–Kier alpha value is -2.04. The summed E-state index contributed by atoms with van der Waals surface area (Å²) in [7, 11) is 0. The highest BCUT2D eigenvalue weighted by Gasteiger charge is 2.06. The summed E-state index contributed by atoms with van der Waals surface area (Å²) in [5.74, 6) is 0.813. The van der Waals surface area contributed by atoms with E-state index in [1.807, 2.05) is 54.6 Å². The van der Waals surface area contributed by atoms with E-state index < -0.39 is 0 Å². The number of benzene rings is 2.